The van der Waals surface area contributed by atoms with Gasteiger partial charge in [0.2, 0.25) is 0 Å². The zero-order valence-corrected chi connectivity index (χ0v) is 5.89. The van der Waals surface area contributed by atoms with E-state index in [4.69, 9.17) is 7.52 Å². The molecule has 4 nitrogen and oxygen atoms in total. The van der Waals surface area contributed by atoms with E-state index in [1.165, 1.54) is 0 Å². The van der Waals surface area contributed by atoms with Gasteiger partial charge in [-0.1, -0.05) is 0 Å². The molecule has 0 amide bonds. The minimum atomic E-state index is -2.86. The number of hydrogen-bond donors (Lipinski definition) is 3. The van der Waals surface area contributed by atoms with Gasteiger partial charge in [-0.2, -0.15) is 13.5 Å². The Bertz CT molecular complexity index is 15.5. The molecule has 0 aliphatic rings. The van der Waals surface area contributed by atoms with Crippen LogP contribution in [0.25, 0.3) is 0 Å². The summed E-state index contributed by atoms with van der Waals surface area (Å²) in [6.45, 7) is 0. The molecule has 0 aliphatic heterocycles. The molecule has 6 heteroatoms. The molecule has 43 valence electrons. The number of rotatable bonds is 0. The van der Waals surface area contributed by atoms with Crippen LogP contribution in [0.1, 0.15) is 0 Å². The molecule has 0 aromatic carbocycles. The average Bonchev–Trinajstić information content (AvgIpc) is 0.811. The van der Waals surface area contributed by atoms with Crippen molar-refractivity contribution in [2.45, 2.75) is 0 Å². The molecule has 0 saturated heterocycles. The summed E-state index contributed by atoms with van der Waals surface area (Å²) in [5.41, 5.74) is 0. The summed E-state index contributed by atoms with van der Waals surface area (Å²) >= 11 is -2.86. The van der Waals surface area contributed by atoms with Crippen LogP contribution in [0.5, 0.6) is 0 Å². The Morgan fingerprint density at radius 1 is 1.33 bits per heavy atom. The van der Waals surface area contributed by atoms with Crippen LogP contribution in [0.2, 0.25) is 0 Å². The molecule has 0 radical (unpaired) electrons. The minimum absolute atomic E-state index is 0. The molecule has 0 spiro atoms. The topological polar surface area (TPSA) is 98.0 Å². The number of hydrogen-bond acceptors (Lipinski definition) is 3. The van der Waals surface area contributed by atoms with Crippen molar-refractivity contribution in [3.05, 3.63) is 0 Å². The van der Waals surface area contributed by atoms with Crippen molar-refractivity contribution in [2.24, 2.45) is 4.29 Å². The first-order valence-corrected chi connectivity index (χ1v) is 3.55. The van der Waals surface area contributed by atoms with Gasteiger partial charge in [0.15, 0.2) is 0 Å². The van der Waals surface area contributed by atoms with Crippen LogP contribution in [-0.4, -0.2) is 13.0 Å². The molecule has 6 heavy (non-hydrogen) atoms. The Morgan fingerprint density at radius 2 is 1.33 bits per heavy atom. The molecule has 0 rings (SSSR count). The van der Waals surface area contributed by atoms with Crippen LogP contribution in [0, 0.1) is 0 Å². The van der Waals surface area contributed by atoms with E-state index in [1.54, 1.807) is 0 Å². The summed E-state index contributed by atoms with van der Waals surface area (Å²) in [7, 11) is 0. The molecule has 6 N–H and O–H groups in total. The molecule has 0 aromatic rings. The molecule has 0 bridgehead atoms. The first kappa shape index (κ1) is 15.8. The predicted octanol–water partition coefficient (Wildman–Crippen LogP) is -2.42. The van der Waals surface area contributed by atoms with Gasteiger partial charge in [-0.3, -0.25) is 0 Å². The fraction of sp³-hybridized carbons (Fsp3) is 0. The van der Waals surface area contributed by atoms with Gasteiger partial charge >= 0.3 is 30.1 Å². The third-order valence-corrected chi connectivity index (χ3v) is 0. The van der Waals surface area contributed by atoms with Crippen molar-refractivity contribution in [1.82, 2.24) is 0 Å². The summed E-state index contributed by atoms with van der Waals surface area (Å²) in [4.78, 5) is 0. The third-order valence-electron chi connectivity index (χ3n) is 0. The second-order valence-electron chi connectivity index (χ2n) is 0.292. The van der Waals surface area contributed by atoms with E-state index in [2.05, 4.69) is 4.29 Å². The zero-order chi connectivity index (χ0) is 3.58. The van der Waals surface area contributed by atoms with Crippen molar-refractivity contribution in [1.29, 1.82) is 0 Å². The fourth-order valence-electron chi connectivity index (χ4n) is 0. The fourth-order valence-corrected chi connectivity index (χ4v) is 0. The molecule has 0 saturated carbocycles. The Kier molecular flexibility index (Phi) is 24.5. The second kappa shape index (κ2) is 9.30. The monoisotopic (exact) mass is 200 g/mol. The van der Waals surface area contributed by atoms with Gasteiger partial charge in [-0.05, 0) is 0 Å². The Hall–Kier alpha value is 0.878. The molecular formula is H8MoNO3S. The summed E-state index contributed by atoms with van der Waals surface area (Å²) < 4.78 is 19.5. The van der Waals surface area contributed by atoms with Gasteiger partial charge < -0.3 is 5.48 Å². The van der Waals surface area contributed by atoms with E-state index in [0.29, 0.717) is 0 Å². The molecule has 0 unspecified atom stereocenters. The first-order valence-electron chi connectivity index (χ1n) is 0.601. The van der Waals surface area contributed by atoms with Gasteiger partial charge in [0.05, 0.1) is 0 Å². The molecule has 0 atom stereocenters. The summed E-state index contributed by atoms with van der Waals surface area (Å²) in [6, 6.07) is 0. The van der Waals surface area contributed by atoms with Crippen LogP contribution in [0.4, 0.5) is 0 Å². The first-order chi connectivity index (χ1) is 1.73. The maximum atomic E-state index is 7.56. The van der Waals surface area contributed by atoms with Crippen molar-refractivity contribution >= 4 is 13.5 Å². The quantitative estimate of drug-likeness (QED) is 0.378. The van der Waals surface area contributed by atoms with Crippen molar-refractivity contribution in [3.63, 3.8) is 0 Å². The maximum absolute atomic E-state index is 7.56. The average molecular weight is 198 g/mol. The van der Waals surface area contributed by atoms with Gasteiger partial charge in [-0.15, -0.1) is 0 Å². The van der Waals surface area contributed by atoms with Crippen molar-refractivity contribution in [2.75, 3.05) is 0 Å². The van der Waals surface area contributed by atoms with E-state index in [1.807, 2.05) is 0 Å². The van der Waals surface area contributed by atoms with E-state index >= 15 is 0 Å². The van der Waals surface area contributed by atoms with Crippen LogP contribution in [0.3, 0.4) is 0 Å². The molecular weight excluding hydrogens is 190 g/mol. The molecule has 0 heterocycles. The normalized spacial score (nSPS) is 6.00. The van der Waals surface area contributed by atoms with Gasteiger partial charge in [0.25, 0.3) is 0 Å². The van der Waals surface area contributed by atoms with Gasteiger partial charge in [0.1, 0.15) is 0 Å². The predicted molar refractivity (Wildman–Crippen MR) is 22.6 cm³/mol. The zero-order valence-electron chi connectivity index (χ0n) is 2.88. The van der Waals surface area contributed by atoms with Crippen molar-refractivity contribution < 1.29 is 31.3 Å². The van der Waals surface area contributed by atoms with Crippen molar-refractivity contribution in [3.8, 4) is 0 Å². The number of nitrogens with two attached hydrogens (primary N) is 1. The SMILES string of the molecule is O.S.[NH2][Mo]([OH])[OH]. The third kappa shape index (κ3) is 95.1. The van der Waals surface area contributed by atoms with Crippen LogP contribution < -0.4 is 4.29 Å². The van der Waals surface area contributed by atoms with E-state index < -0.39 is 18.3 Å². The van der Waals surface area contributed by atoms with Crippen LogP contribution >= 0.6 is 13.5 Å². The summed E-state index contributed by atoms with van der Waals surface area (Å²) in [5.74, 6) is 0. The van der Waals surface area contributed by atoms with Gasteiger partial charge in [-0.25, -0.2) is 0 Å². The summed E-state index contributed by atoms with van der Waals surface area (Å²) in [5, 5.41) is 0. The van der Waals surface area contributed by atoms with Gasteiger partial charge in [0, 0.05) is 0 Å². The molecule has 0 aromatic heterocycles. The molecule has 0 fully saturated rings. The van der Waals surface area contributed by atoms with Crippen LogP contribution in [-0.2, 0) is 18.3 Å². The standard InChI is InChI=1S/Mo.H2N.3H2O.H2S/h;5*1H2/q+3;-1;;;;/p-2. The summed E-state index contributed by atoms with van der Waals surface area (Å²) in [6.07, 6.45) is 0. The Balaban J connectivity index is -0.0000000450. The van der Waals surface area contributed by atoms with E-state index in [0.717, 1.165) is 0 Å². The Labute approximate surface area is 49.5 Å². The molecule has 0 aliphatic carbocycles. The Morgan fingerprint density at radius 3 is 1.33 bits per heavy atom. The van der Waals surface area contributed by atoms with E-state index in [9.17, 15) is 0 Å². The van der Waals surface area contributed by atoms with E-state index in [-0.39, 0.29) is 19.0 Å². The van der Waals surface area contributed by atoms with Crippen LogP contribution in [0.15, 0.2) is 0 Å². The second-order valence-corrected chi connectivity index (χ2v) is 1.73.